The summed E-state index contributed by atoms with van der Waals surface area (Å²) in [4.78, 5) is 0. The van der Waals surface area contributed by atoms with Gasteiger partial charge in [-0.1, -0.05) is 71.1 Å². The number of hydrogen-bond donors (Lipinski definition) is 4. The fourth-order valence-electron chi connectivity index (χ4n) is 3.25. The van der Waals surface area contributed by atoms with E-state index in [-0.39, 0.29) is 6.61 Å². The first kappa shape index (κ1) is 20.8. The minimum absolute atomic E-state index is 0.348. The molecule has 5 atom stereocenters. The van der Waals surface area contributed by atoms with E-state index in [0.29, 0.717) is 6.42 Å². The van der Waals surface area contributed by atoms with Crippen molar-refractivity contribution in [1.29, 1.82) is 0 Å². The third-order valence-corrected chi connectivity index (χ3v) is 4.83. The van der Waals surface area contributed by atoms with E-state index in [1.54, 1.807) is 0 Å². The molecule has 0 amide bonds. The molecule has 0 aromatic carbocycles. The maximum atomic E-state index is 9.95. The first-order chi connectivity index (χ1) is 11.1. The van der Waals surface area contributed by atoms with Crippen LogP contribution in [0.1, 0.15) is 77.6 Å². The number of aliphatic hydroxyl groups excluding tert-OH is 4. The van der Waals surface area contributed by atoms with Gasteiger partial charge in [-0.3, -0.25) is 0 Å². The molecule has 1 unspecified atom stereocenters. The van der Waals surface area contributed by atoms with Crippen LogP contribution in [0.15, 0.2) is 0 Å². The van der Waals surface area contributed by atoms with Crippen LogP contribution in [0, 0.1) is 0 Å². The van der Waals surface area contributed by atoms with Gasteiger partial charge in [-0.05, 0) is 6.42 Å². The quantitative estimate of drug-likeness (QED) is 0.411. The lowest BCUT2D eigenvalue weighted by molar-refractivity contribution is -0.230. The standard InChI is InChI=1S/C18H36O5/c1-2-3-4-5-6-7-8-9-10-11-12-14-16(20)18(22)17(21)15(13-19)23-14/h14-22H,2-13H2,1H3/t14?,15-,16+,17-,18-/m1/s1. The Hall–Kier alpha value is -0.200. The average molecular weight is 332 g/mol. The molecule has 0 spiro atoms. The predicted octanol–water partition coefficient (Wildman–Crippen LogP) is 2.14. The Morgan fingerprint density at radius 1 is 0.652 bits per heavy atom. The highest BCUT2D eigenvalue weighted by Crippen LogP contribution is 2.24. The summed E-state index contributed by atoms with van der Waals surface area (Å²) in [6, 6.07) is 0. The lowest BCUT2D eigenvalue weighted by Gasteiger charge is -2.40. The monoisotopic (exact) mass is 332 g/mol. The number of rotatable bonds is 12. The van der Waals surface area contributed by atoms with Crippen molar-refractivity contribution < 1.29 is 25.2 Å². The van der Waals surface area contributed by atoms with E-state index in [9.17, 15) is 15.3 Å². The average Bonchev–Trinajstić information content (AvgIpc) is 2.56. The number of ether oxygens (including phenoxy) is 1. The molecule has 0 aromatic heterocycles. The molecule has 23 heavy (non-hydrogen) atoms. The van der Waals surface area contributed by atoms with Crippen LogP contribution in [0.2, 0.25) is 0 Å². The zero-order chi connectivity index (χ0) is 17.1. The summed E-state index contributed by atoms with van der Waals surface area (Å²) in [5.74, 6) is 0. The van der Waals surface area contributed by atoms with Crippen molar-refractivity contribution in [1.82, 2.24) is 0 Å². The van der Waals surface area contributed by atoms with Crippen molar-refractivity contribution in [3.05, 3.63) is 0 Å². The first-order valence-electron chi connectivity index (χ1n) is 9.42. The lowest BCUT2D eigenvalue weighted by Crippen LogP contribution is -2.58. The molecular weight excluding hydrogens is 296 g/mol. The van der Waals surface area contributed by atoms with Crippen LogP contribution in [0.3, 0.4) is 0 Å². The molecule has 0 bridgehead atoms. The van der Waals surface area contributed by atoms with Gasteiger partial charge in [0, 0.05) is 0 Å². The molecule has 0 radical (unpaired) electrons. The largest absolute Gasteiger partial charge is 0.394 e. The summed E-state index contributed by atoms with van der Waals surface area (Å²) in [6.45, 7) is 1.88. The Bertz CT molecular complexity index is 285. The van der Waals surface area contributed by atoms with Gasteiger partial charge in [-0.15, -0.1) is 0 Å². The van der Waals surface area contributed by atoms with E-state index in [1.807, 2.05) is 0 Å². The van der Waals surface area contributed by atoms with E-state index >= 15 is 0 Å². The van der Waals surface area contributed by atoms with Crippen LogP contribution in [-0.4, -0.2) is 57.6 Å². The minimum atomic E-state index is -1.24. The van der Waals surface area contributed by atoms with Crippen LogP contribution in [-0.2, 0) is 4.74 Å². The second kappa shape index (κ2) is 12.2. The summed E-state index contributed by atoms with van der Waals surface area (Å²) in [6.07, 6.45) is 8.22. The summed E-state index contributed by atoms with van der Waals surface area (Å²) in [5.41, 5.74) is 0. The van der Waals surface area contributed by atoms with Crippen molar-refractivity contribution in [2.45, 2.75) is 108 Å². The molecule has 0 saturated carbocycles. The van der Waals surface area contributed by atoms with E-state index in [1.165, 1.54) is 51.4 Å². The first-order valence-corrected chi connectivity index (χ1v) is 9.42. The fourth-order valence-corrected chi connectivity index (χ4v) is 3.25. The molecule has 5 heteroatoms. The molecule has 1 saturated heterocycles. The Labute approximate surface area is 140 Å². The molecule has 0 aliphatic carbocycles. The van der Waals surface area contributed by atoms with Gasteiger partial charge in [0.05, 0.1) is 12.7 Å². The van der Waals surface area contributed by atoms with Crippen molar-refractivity contribution in [2.24, 2.45) is 0 Å². The molecule has 1 fully saturated rings. The van der Waals surface area contributed by atoms with Gasteiger partial charge in [0.15, 0.2) is 0 Å². The lowest BCUT2D eigenvalue weighted by atomic mass is 9.92. The van der Waals surface area contributed by atoms with Crippen LogP contribution in [0.25, 0.3) is 0 Å². The van der Waals surface area contributed by atoms with Gasteiger partial charge >= 0.3 is 0 Å². The SMILES string of the molecule is CCCCCCCCCCCCC1O[C@H](CO)[C@@H](O)[C@H](O)[C@H]1O. The molecule has 138 valence electrons. The van der Waals surface area contributed by atoms with Gasteiger partial charge < -0.3 is 25.2 Å². The molecule has 1 rings (SSSR count). The predicted molar refractivity (Wildman–Crippen MR) is 90.2 cm³/mol. The zero-order valence-electron chi connectivity index (χ0n) is 14.6. The van der Waals surface area contributed by atoms with Gasteiger partial charge in [0.2, 0.25) is 0 Å². The maximum absolute atomic E-state index is 9.95. The van der Waals surface area contributed by atoms with E-state index in [0.717, 1.165) is 12.8 Å². The van der Waals surface area contributed by atoms with Gasteiger partial charge in [-0.2, -0.15) is 0 Å². The van der Waals surface area contributed by atoms with E-state index in [2.05, 4.69) is 6.92 Å². The summed E-state index contributed by atoms with van der Waals surface area (Å²) >= 11 is 0. The summed E-state index contributed by atoms with van der Waals surface area (Å²) < 4.78 is 5.50. The number of hydrogen-bond acceptors (Lipinski definition) is 5. The molecule has 4 N–H and O–H groups in total. The van der Waals surface area contributed by atoms with Crippen molar-refractivity contribution in [3.63, 3.8) is 0 Å². The van der Waals surface area contributed by atoms with Gasteiger partial charge in [-0.25, -0.2) is 0 Å². The minimum Gasteiger partial charge on any atom is -0.394 e. The number of aliphatic hydroxyl groups is 4. The molecule has 1 aliphatic rings. The van der Waals surface area contributed by atoms with Gasteiger partial charge in [0.1, 0.15) is 24.4 Å². The highest BCUT2D eigenvalue weighted by Gasteiger charge is 2.42. The Balaban J connectivity index is 2.06. The van der Waals surface area contributed by atoms with Crippen LogP contribution in [0.4, 0.5) is 0 Å². The van der Waals surface area contributed by atoms with Crippen molar-refractivity contribution >= 4 is 0 Å². The Morgan fingerprint density at radius 2 is 1.13 bits per heavy atom. The normalized spacial score (nSPS) is 31.4. The van der Waals surface area contributed by atoms with E-state index < -0.39 is 30.5 Å². The highest BCUT2D eigenvalue weighted by molar-refractivity contribution is 4.91. The summed E-state index contributed by atoms with van der Waals surface area (Å²) in [5, 5.41) is 38.6. The Morgan fingerprint density at radius 3 is 1.65 bits per heavy atom. The topological polar surface area (TPSA) is 90.2 Å². The van der Waals surface area contributed by atoms with Crippen LogP contribution >= 0.6 is 0 Å². The molecular formula is C18H36O5. The Kier molecular flexibility index (Phi) is 11.1. The molecule has 1 heterocycles. The fraction of sp³-hybridized carbons (Fsp3) is 1.00. The second-order valence-corrected chi connectivity index (χ2v) is 6.84. The van der Waals surface area contributed by atoms with Crippen molar-refractivity contribution in [3.8, 4) is 0 Å². The maximum Gasteiger partial charge on any atom is 0.111 e. The molecule has 0 aromatic rings. The zero-order valence-corrected chi connectivity index (χ0v) is 14.6. The second-order valence-electron chi connectivity index (χ2n) is 6.84. The summed E-state index contributed by atoms with van der Waals surface area (Å²) in [7, 11) is 0. The van der Waals surface area contributed by atoms with Gasteiger partial charge in [0.25, 0.3) is 0 Å². The third-order valence-electron chi connectivity index (χ3n) is 4.83. The number of unbranched alkanes of at least 4 members (excludes halogenated alkanes) is 9. The van der Waals surface area contributed by atoms with Crippen molar-refractivity contribution in [2.75, 3.05) is 6.61 Å². The van der Waals surface area contributed by atoms with Crippen LogP contribution in [0.5, 0.6) is 0 Å². The smallest absolute Gasteiger partial charge is 0.111 e. The molecule has 5 nitrogen and oxygen atoms in total. The molecule has 1 aliphatic heterocycles. The van der Waals surface area contributed by atoms with E-state index in [4.69, 9.17) is 9.84 Å². The van der Waals surface area contributed by atoms with Crippen LogP contribution < -0.4 is 0 Å². The third kappa shape index (κ3) is 7.48. The highest BCUT2D eigenvalue weighted by atomic mass is 16.5.